The van der Waals surface area contributed by atoms with Gasteiger partial charge in [0.1, 0.15) is 11.5 Å². The molecule has 2 heterocycles. The number of hydrogen-bond acceptors (Lipinski definition) is 7. The summed E-state index contributed by atoms with van der Waals surface area (Å²) in [5.41, 5.74) is 5.43. The molecule has 224 valence electrons. The Hall–Kier alpha value is -5.71. The lowest BCUT2D eigenvalue weighted by Gasteiger charge is -2.18. The van der Waals surface area contributed by atoms with E-state index >= 15 is 0 Å². The van der Waals surface area contributed by atoms with Gasteiger partial charge in [-0.05, 0) is 61.7 Å². The Balaban J connectivity index is 1.67. The number of imidazole rings is 1. The molecule has 3 N–H and O–H groups in total. The van der Waals surface area contributed by atoms with Crippen LogP contribution in [0.1, 0.15) is 45.1 Å². The van der Waals surface area contributed by atoms with Crippen LogP contribution in [0.2, 0.25) is 0 Å². The first-order valence-corrected chi connectivity index (χ1v) is 13.8. The van der Waals surface area contributed by atoms with Crippen LogP contribution >= 0.6 is 0 Å². The van der Waals surface area contributed by atoms with Crippen molar-refractivity contribution in [2.75, 3.05) is 12.4 Å². The Morgan fingerprint density at radius 1 is 1.02 bits per heavy atom. The number of ether oxygens (including phenoxy) is 1. The number of fused-ring (bicyclic) bond motifs is 1. The van der Waals surface area contributed by atoms with Gasteiger partial charge in [-0.3, -0.25) is 24.1 Å². The van der Waals surface area contributed by atoms with E-state index in [4.69, 9.17) is 9.72 Å². The van der Waals surface area contributed by atoms with Crippen LogP contribution in [0.25, 0.3) is 16.9 Å². The molecule has 3 aromatic carbocycles. The second-order valence-electron chi connectivity index (χ2n) is 10.5. The highest BCUT2D eigenvalue weighted by Crippen LogP contribution is 2.38. The van der Waals surface area contributed by atoms with E-state index in [1.54, 1.807) is 34.9 Å². The van der Waals surface area contributed by atoms with Crippen LogP contribution in [-0.2, 0) is 4.79 Å². The van der Waals surface area contributed by atoms with Gasteiger partial charge in [0.25, 0.3) is 5.91 Å². The third-order valence-corrected chi connectivity index (χ3v) is 7.40. The molecule has 1 atom stereocenters. The summed E-state index contributed by atoms with van der Waals surface area (Å²) in [5, 5.41) is 27.8. The highest BCUT2D eigenvalue weighted by atomic mass is 16.6. The van der Waals surface area contributed by atoms with Crippen molar-refractivity contribution in [3.8, 4) is 17.0 Å². The molecule has 1 amide bonds. The van der Waals surface area contributed by atoms with Crippen LogP contribution in [-0.4, -0.2) is 38.4 Å². The molecular weight excluding hydrogens is 562 g/mol. The smallest absolute Gasteiger partial charge is 0.311 e. The van der Waals surface area contributed by atoms with Gasteiger partial charge < -0.3 is 20.5 Å². The molecule has 0 bridgehead atoms. The highest BCUT2D eigenvalue weighted by molar-refractivity contribution is 6.01. The van der Waals surface area contributed by atoms with Gasteiger partial charge in [-0.2, -0.15) is 0 Å². The lowest BCUT2D eigenvalue weighted by atomic mass is 10.0. The number of pyridine rings is 1. The highest BCUT2D eigenvalue weighted by Gasteiger charge is 2.25. The summed E-state index contributed by atoms with van der Waals surface area (Å²) in [6, 6.07) is 20.3. The fourth-order valence-corrected chi connectivity index (χ4v) is 5.23. The fraction of sp³-hybridized carbons (Fsp3) is 0.182. The third-order valence-electron chi connectivity index (χ3n) is 7.40. The Kier molecular flexibility index (Phi) is 8.30. The van der Waals surface area contributed by atoms with E-state index in [0.29, 0.717) is 22.6 Å². The minimum absolute atomic E-state index is 0.104. The number of carboxylic acids is 1. The molecule has 5 aromatic rings. The first-order chi connectivity index (χ1) is 21.1. The second kappa shape index (κ2) is 12.3. The van der Waals surface area contributed by atoms with Gasteiger partial charge in [0.2, 0.25) is 0 Å². The Morgan fingerprint density at radius 3 is 2.41 bits per heavy atom. The number of methoxy groups -OCH3 is 1. The van der Waals surface area contributed by atoms with E-state index in [-0.39, 0.29) is 29.1 Å². The van der Waals surface area contributed by atoms with Crippen molar-refractivity contribution in [1.82, 2.24) is 14.7 Å². The zero-order valence-corrected chi connectivity index (χ0v) is 24.6. The lowest BCUT2D eigenvalue weighted by Crippen LogP contribution is -2.30. The van der Waals surface area contributed by atoms with Gasteiger partial charge in [-0.25, -0.2) is 4.98 Å². The van der Waals surface area contributed by atoms with Crippen molar-refractivity contribution in [3.63, 3.8) is 0 Å². The van der Waals surface area contributed by atoms with Crippen LogP contribution < -0.4 is 15.4 Å². The first kappa shape index (κ1) is 29.8. The van der Waals surface area contributed by atoms with Crippen LogP contribution in [0.15, 0.2) is 79.0 Å². The van der Waals surface area contributed by atoms with Gasteiger partial charge in [-0.15, -0.1) is 0 Å². The first-order valence-electron chi connectivity index (χ1n) is 13.8. The van der Waals surface area contributed by atoms with Crippen LogP contribution in [0.3, 0.4) is 0 Å². The molecule has 5 rings (SSSR count). The van der Waals surface area contributed by atoms with Crippen LogP contribution in [0.5, 0.6) is 5.75 Å². The SMILES string of the molecule is COc1ccc(-c2nc3c(C(=O)NC(CC(=O)O)c4cccc(C)c4)cccn3c2Nc2c(C)cccc2C)cc1[N+](=O)[O-]. The molecule has 11 heteroatoms. The number of nitro benzene ring substituents is 1. The van der Waals surface area contributed by atoms with E-state index in [1.165, 1.54) is 19.2 Å². The number of rotatable bonds is 10. The molecule has 0 aliphatic carbocycles. The van der Waals surface area contributed by atoms with E-state index in [1.807, 2.05) is 57.2 Å². The number of benzene rings is 3. The number of aliphatic carboxylic acids is 1. The summed E-state index contributed by atoms with van der Waals surface area (Å²) in [6.45, 7) is 5.82. The number of amides is 1. The summed E-state index contributed by atoms with van der Waals surface area (Å²) in [7, 11) is 1.36. The van der Waals surface area contributed by atoms with Crippen LogP contribution in [0.4, 0.5) is 17.2 Å². The maximum Gasteiger partial charge on any atom is 0.311 e. The zero-order chi connectivity index (χ0) is 31.5. The average molecular weight is 594 g/mol. The maximum atomic E-state index is 13.8. The molecule has 11 nitrogen and oxygen atoms in total. The number of carboxylic acid groups (broad SMARTS) is 1. The third kappa shape index (κ3) is 5.93. The quantitative estimate of drug-likeness (QED) is 0.122. The van der Waals surface area contributed by atoms with Crippen molar-refractivity contribution >= 4 is 34.7 Å². The molecule has 0 radical (unpaired) electrons. The fourth-order valence-electron chi connectivity index (χ4n) is 5.23. The number of nitro groups is 1. The number of carbonyl (C=O) groups excluding carboxylic acids is 1. The normalized spacial score (nSPS) is 11.6. The molecule has 0 saturated carbocycles. The van der Waals surface area contributed by atoms with Gasteiger partial charge in [-0.1, -0.05) is 48.0 Å². The zero-order valence-electron chi connectivity index (χ0n) is 24.6. The minimum atomic E-state index is -1.06. The minimum Gasteiger partial charge on any atom is -0.490 e. The van der Waals surface area contributed by atoms with Crippen molar-refractivity contribution in [2.45, 2.75) is 33.2 Å². The van der Waals surface area contributed by atoms with E-state index in [2.05, 4.69) is 10.6 Å². The summed E-state index contributed by atoms with van der Waals surface area (Å²) >= 11 is 0. The number of nitrogens with one attached hydrogen (secondary N) is 2. The standard InChI is InChI=1S/C33H31N5O6/c1-19-8-5-11-22(16-19)25(18-28(39)40)34-33(41)24-12-7-15-37-31(24)36-30(23-13-14-27(44-4)26(17-23)38(42)43)32(37)35-29-20(2)9-6-10-21(29)3/h5-17,25,35H,18H2,1-4H3,(H,34,41)(H,39,40). The predicted octanol–water partition coefficient (Wildman–Crippen LogP) is 6.53. The van der Waals surface area contributed by atoms with Crippen molar-refractivity contribution in [2.24, 2.45) is 0 Å². The van der Waals surface area contributed by atoms with Gasteiger partial charge in [0, 0.05) is 23.5 Å². The largest absolute Gasteiger partial charge is 0.490 e. The molecule has 44 heavy (non-hydrogen) atoms. The number of para-hydroxylation sites is 1. The molecule has 0 aliphatic rings. The second-order valence-corrected chi connectivity index (χ2v) is 10.5. The summed E-state index contributed by atoms with van der Waals surface area (Å²) in [6.07, 6.45) is 1.43. The summed E-state index contributed by atoms with van der Waals surface area (Å²) < 4.78 is 6.91. The maximum absolute atomic E-state index is 13.8. The number of hydrogen-bond donors (Lipinski definition) is 3. The van der Waals surface area contributed by atoms with Crippen LogP contribution in [0, 0.1) is 30.9 Å². The number of anilines is 2. The molecule has 0 spiro atoms. The number of nitrogens with zero attached hydrogens (tertiary/aromatic N) is 3. The molecule has 0 saturated heterocycles. The predicted molar refractivity (Wildman–Crippen MR) is 167 cm³/mol. The monoisotopic (exact) mass is 593 g/mol. The van der Waals surface area contributed by atoms with E-state index in [0.717, 1.165) is 22.4 Å². The lowest BCUT2D eigenvalue weighted by molar-refractivity contribution is -0.385. The Bertz CT molecular complexity index is 1890. The van der Waals surface area contributed by atoms with E-state index < -0.39 is 22.8 Å². The number of aryl methyl sites for hydroxylation is 3. The topological polar surface area (TPSA) is 148 Å². The molecular formula is C33H31N5O6. The van der Waals surface area contributed by atoms with Gasteiger partial charge >= 0.3 is 11.7 Å². The molecule has 0 fully saturated rings. The van der Waals surface area contributed by atoms with E-state index in [9.17, 15) is 24.8 Å². The summed E-state index contributed by atoms with van der Waals surface area (Å²) in [5.74, 6) is -0.974. The van der Waals surface area contributed by atoms with Crippen molar-refractivity contribution in [3.05, 3.63) is 117 Å². The molecule has 0 aliphatic heterocycles. The van der Waals surface area contributed by atoms with Gasteiger partial charge in [0.15, 0.2) is 11.4 Å². The Morgan fingerprint density at radius 2 is 1.75 bits per heavy atom. The molecule has 1 unspecified atom stereocenters. The molecule has 2 aromatic heterocycles. The van der Waals surface area contributed by atoms with Gasteiger partial charge in [0.05, 0.1) is 30.1 Å². The number of carbonyl (C=O) groups is 2. The average Bonchev–Trinajstić information content (AvgIpc) is 3.36. The van der Waals surface area contributed by atoms with Crippen molar-refractivity contribution < 1.29 is 24.4 Å². The Labute approximate surface area is 253 Å². The van der Waals surface area contributed by atoms with Crippen molar-refractivity contribution in [1.29, 1.82) is 0 Å². The number of aromatic nitrogens is 2. The summed E-state index contributed by atoms with van der Waals surface area (Å²) in [4.78, 5) is 41.7.